The van der Waals surface area contributed by atoms with Gasteiger partial charge >= 0.3 is 0 Å². The molecule has 0 saturated carbocycles. The van der Waals surface area contributed by atoms with E-state index in [0.717, 1.165) is 6.42 Å². The van der Waals surface area contributed by atoms with Gasteiger partial charge in [-0.05, 0) is 36.6 Å². The molecule has 1 aliphatic rings. The Morgan fingerprint density at radius 3 is 2.52 bits per heavy atom. The molecule has 2 heterocycles. The monoisotopic (exact) mass is 358 g/mol. The van der Waals surface area contributed by atoms with E-state index in [-0.39, 0.29) is 17.9 Å². The van der Waals surface area contributed by atoms with E-state index in [1.165, 1.54) is 15.4 Å². The van der Waals surface area contributed by atoms with Crippen LogP contribution in [-0.4, -0.2) is 38.0 Å². The van der Waals surface area contributed by atoms with Gasteiger partial charge in [-0.1, -0.05) is 19.9 Å². The fourth-order valence-corrected chi connectivity index (χ4v) is 4.61. The van der Waals surface area contributed by atoms with Gasteiger partial charge in [-0.2, -0.15) is 0 Å². The lowest BCUT2D eigenvalue weighted by atomic mass is 9.95. The molecule has 0 aliphatic carbocycles. The van der Waals surface area contributed by atoms with Gasteiger partial charge in [-0.25, -0.2) is 12.7 Å². The number of hydrogen-bond donors (Lipinski definition) is 1. The quantitative estimate of drug-likeness (QED) is 0.850. The van der Waals surface area contributed by atoms with Crippen molar-refractivity contribution in [3.05, 3.63) is 22.4 Å². The van der Waals surface area contributed by atoms with E-state index in [9.17, 15) is 13.2 Å². The lowest BCUT2D eigenvalue weighted by Gasteiger charge is -2.30. The van der Waals surface area contributed by atoms with E-state index in [2.05, 4.69) is 25.2 Å². The number of hydrogen-bond acceptors (Lipinski definition) is 4. The highest BCUT2D eigenvalue weighted by atomic mass is 32.2. The Labute approximate surface area is 143 Å². The molecule has 130 valence electrons. The van der Waals surface area contributed by atoms with Gasteiger partial charge in [0.2, 0.25) is 15.9 Å². The first-order valence-corrected chi connectivity index (χ1v) is 10.8. The maximum atomic E-state index is 12.6. The minimum Gasteiger partial charge on any atom is -0.348 e. The number of piperidine rings is 1. The summed E-state index contributed by atoms with van der Waals surface area (Å²) < 4.78 is 24.5. The van der Waals surface area contributed by atoms with Crippen molar-refractivity contribution in [3.8, 4) is 0 Å². The third-order valence-electron chi connectivity index (χ3n) is 4.20. The third kappa shape index (κ3) is 5.29. The van der Waals surface area contributed by atoms with Gasteiger partial charge in [0.15, 0.2) is 0 Å². The van der Waals surface area contributed by atoms with E-state index in [1.807, 2.05) is 11.4 Å². The van der Waals surface area contributed by atoms with Gasteiger partial charge in [0.1, 0.15) is 0 Å². The highest BCUT2D eigenvalue weighted by Gasteiger charge is 2.30. The topological polar surface area (TPSA) is 66.5 Å². The summed E-state index contributed by atoms with van der Waals surface area (Å²) in [7, 11) is -3.15. The smallest absolute Gasteiger partial charge is 0.223 e. The van der Waals surface area contributed by atoms with Crippen LogP contribution in [0.2, 0.25) is 0 Å². The second-order valence-corrected chi connectivity index (χ2v) is 9.60. The van der Waals surface area contributed by atoms with Crippen molar-refractivity contribution < 1.29 is 13.2 Å². The number of thiophene rings is 1. The number of nitrogens with zero attached hydrogens (tertiary/aromatic N) is 1. The molecule has 1 fully saturated rings. The number of sulfonamides is 1. The summed E-state index contributed by atoms with van der Waals surface area (Å²) in [5.41, 5.74) is 0. The second kappa shape index (κ2) is 7.77. The Hall–Kier alpha value is -0.920. The lowest BCUT2D eigenvalue weighted by Crippen LogP contribution is -2.43. The summed E-state index contributed by atoms with van der Waals surface area (Å²) in [5.74, 6) is 0.453. The van der Waals surface area contributed by atoms with Crippen molar-refractivity contribution in [2.75, 3.05) is 19.3 Å². The van der Waals surface area contributed by atoms with Crippen LogP contribution < -0.4 is 5.32 Å². The van der Waals surface area contributed by atoms with E-state index in [4.69, 9.17) is 0 Å². The molecule has 0 bridgehead atoms. The number of amides is 1. The summed E-state index contributed by atoms with van der Waals surface area (Å²) in [6.45, 7) is 5.17. The lowest BCUT2D eigenvalue weighted by molar-refractivity contribution is -0.127. The van der Waals surface area contributed by atoms with Crippen LogP contribution in [0.3, 0.4) is 0 Å². The summed E-state index contributed by atoms with van der Waals surface area (Å²) in [6, 6.07) is 4.12. The molecule has 5 nitrogen and oxygen atoms in total. The average Bonchev–Trinajstić information content (AvgIpc) is 2.99. The number of rotatable bonds is 6. The first kappa shape index (κ1) is 18.4. The fourth-order valence-electron chi connectivity index (χ4n) is 2.95. The molecule has 1 unspecified atom stereocenters. The highest BCUT2D eigenvalue weighted by Crippen LogP contribution is 2.27. The molecule has 1 aliphatic heterocycles. The molecule has 0 spiro atoms. The number of nitrogens with one attached hydrogen (secondary N) is 1. The Balaban J connectivity index is 1.95. The number of carbonyl (C=O) groups is 1. The van der Waals surface area contributed by atoms with E-state index >= 15 is 0 Å². The highest BCUT2D eigenvalue weighted by molar-refractivity contribution is 7.88. The predicted molar refractivity (Wildman–Crippen MR) is 93.8 cm³/mol. The van der Waals surface area contributed by atoms with Crippen LogP contribution in [0.25, 0.3) is 0 Å². The standard InChI is InChI=1S/C16H26N2O3S2/c1-12(2)11-14(15-5-4-10-22-15)17-16(19)13-6-8-18(9-7-13)23(3,20)21/h4-5,10,12-14H,6-9,11H2,1-3H3,(H,17,19). The molecule has 1 saturated heterocycles. The molecule has 1 aromatic rings. The van der Waals surface area contributed by atoms with Gasteiger partial charge in [0.25, 0.3) is 0 Å². The zero-order valence-electron chi connectivity index (χ0n) is 14.0. The van der Waals surface area contributed by atoms with Crippen molar-refractivity contribution in [2.45, 2.75) is 39.2 Å². The molecule has 1 amide bonds. The van der Waals surface area contributed by atoms with Gasteiger partial charge in [0, 0.05) is 23.9 Å². The van der Waals surface area contributed by atoms with Crippen molar-refractivity contribution >= 4 is 27.3 Å². The van der Waals surface area contributed by atoms with Crippen LogP contribution in [0.1, 0.15) is 44.0 Å². The average molecular weight is 359 g/mol. The molecule has 23 heavy (non-hydrogen) atoms. The summed E-state index contributed by atoms with van der Waals surface area (Å²) in [5, 5.41) is 5.20. The molecule has 1 aromatic heterocycles. The molecule has 0 radical (unpaired) electrons. The van der Waals surface area contributed by atoms with Gasteiger partial charge in [-0.3, -0.25) is 4.79 Å². The van der Waals surface area contributed by atoms with Crippen LogP contribution in [0, 0.1) is 11.8 Å². The normalized spacial score (nSPS) is 19.0. The van der Waals surface area contributed by atoms with Crippen molar-refractivity contribution in [2.24, 2.45) is 11.8 Å². The largest absolute Gasteiger partial charge is 0.348 e. The first-order valence-electron chi connectivity index (χ1n) is 8.06. The van der Waals surface area contributed by atoms with Gasteiger partial charge in [-0.15, -0.1) is 11.3 Å². The first-order chi connectivity index (χ1) is 10.8. The van der Waals surface area contributed by atoms with Gasteiger partial charge in [0.05, 0.1) is 12.3 Å². The van der Waals surface area contributed by atoms with Crippen molar-refractivity contribution in [1.82, 2.24) is 9.62 Å². The second-order valence-electron chi connectivity index (χ2n) is 6.64. The van der Waals surface area contributed by atoms with Crippen LogP contribution in [-0.2, 0) is 14.8 Å². The molecule has 0 aromatic carbocycles. The maximum absolute atomic E-state index is 12.6. The van der Waals surface area contributed by atoms with Crippen LogP contribution in [0.15, 0.2) is 17.5 Å². The predicted octanol–water partition coefficient (Wildman–Crippen LogP) is 2.62. The van der Waals surface area contributed by atoms with Crippen LogP contribution in [0.5, 0.6) is 0 Å². The van der Waals surface area contributed by atoms with E-state index in [0.29, 0.717) is 31.8 Å². The molecule has 2 rings (SSSR count). The van der Waals surface area contributed by atoms with E-state index in [1.54, 1.807) is 11.3 Å². The molecule has 1 atom stereocenters. The Morgan fingerprint density at radius 2 is 2.04 bits per heavy atom. The molecular formula is C16H26N2O3S2. The maximum Gasteiger partial charge on any atom is 0.223 e. The Morgan fingerprint density at radius 1 is 1.39 bits per heavy atom. The Bertz CT molecular complexity index is 603. The molecule has 7 heteroatoms. The van der Waals surface area contributed by atoms with Crippen molar-refractivity contribution in [1.29, 1.82) is 0 Å². The van der Waals surface area contributed by atoms with E-state index < -0.39 is 10.0 Å². The number of carbonyl (C=O) groups excluding carboxylic acids is 1. The fraction of sp³-hybridized carbons (Fsp3) is 0.688. The zero-order chi connectivity index (χ0) is 17.0. The van der Waals surface area contributed by atoms with Crippen molar-refractivity contribution in [3.63, 3.8) is 0 Å². The van der Waals surface area contributed by atoms with Gasteiger partial charge < -0.3 is 5.32 Å². The Kier molecular flexibility index (Phi) is 6.22. The minimum absolute atomic E-state index is 0.0513. The summed E-state index contributed by atoms with van der Waals surface area (Å²) in [6.07, 6.45) is 3.33. The SMILES string of the molecule is CC(C)CC(NC(=O)C1CCN(S(C)(=O)=O)CC1)c1cccs1. The molecular weight excluding hydrogens is 332 g/mol. The summed E-state index contributed by atoms with van der Waals surface area (Å²) in [4.78, 5) is 13.7. The van der Waals surface area contributed by atoms with Crippen LogP contribution in [0.4, 0.5) is 0 Å². The summed E-state index contributed by atoms with van der Waals surface area (Å²) >= 11 is 1.66. The zero-order valence-corrected chi connectivity index (χ0v) is 15.6. The molecule has 1 N–H and O–H groups in total. The third-order valence-corrected chi connectivity index (χ3v) is 6.49. The minimum atomic E-state index is -3.15. The van der Waals surface area contributed by atoms with Crippen LogP contribution >= 0.6 is 11.3 Å².